The second kappa shape index (κ2) is 4.52. The summed E-state index contributed by atoms with van der Waals surface area (Å²) >= 11 is 0. The van der Waals surface area contributed by atoms with Crippen LogP contribution in [0.25, 0.3) is 0 Å². The number of carbonyl (C=O) groups excluding carboxylic acids is 1. The van der Waals surface area contributed by atoms with Crippen molar-refractivity contribution >= 4 is 5.91 Å². The summed E-state index contributed by atoms with van der Waals surface area (Å²) < 4.78 is 0. The molecule has 1 aliphatic carbocycles. The molecule has 3 heteroatoms. The molecule has 2 aliphatic rings. The second-order valence-corrected chi connectivity index (χ2v) is 5.25. The fraction of sp³-hybridized carbons (Fsp3) is 0.917. The summed E-state index contributed by atoms with van der Waals surface area (Å²) in [4.78, 5) is 13.9. The molecule has 0 bridgehead atoms. The van der Waals surface area contributed by atoms with Crippen molar-refractivity contribution in [1.29, 1.82) is 0 Å². The van der Waals surface area contributed by atoms with Crippen molar-refractivity contribution in [2.24, 2.45) is 17.6 Å². The number of likely N-dealkylation sites (tertiary alicyclic amines) is 1. The van der Waals surface area contributed by atoms with E-state index in [0.29, 0.717) is 17.7 Å². The first-order valence-electron chi connectivity index (χ1n) is 6.20. The summed E-state index contributed by atoms with van der Waals surface area (Å²) in [7, 11) is 0. The minimum atomic E-state index is 0.228. The van der Waals surface area contributed by atoms with E-state index in [4.69, 9.17) is 5.73 Å². The molecular weight excluding hydrogens is 188 g/mol. The largest absolute Gasteiger partial charge is 0.342 e. The van der Waals surface area contributed by atoms with Gasteiger partial charge in [0, 0.05) is 25.6 Å². The van der Waals surface area contributed by atoms with E-state index >= 15 is 0 Å². The van der Waals surface area contributed by atoms with Crippen LogP contribution in [0.1, 0.15) is 39.0 Å². The number of carbonyl (C=O) groups is 1. The maximum atomic E-state index is 11.9. The van der Waals surface area contributed by atoms with E-state index in [9.17, 15) is 4.79 Å². The summed E-state index contributed by atoms with van der Waals surface area (Å²) in [5, 5.41) is 0. The van der Waals surface area contributed by atoms with Gasteiger partial charge in [-0.3, -0.25) is 4.79 Å². The average Bonchev–Trinajstić information content (AvgIpc) is 2.59. The monoisotopic (exact) mass is 210 g/mol. The lowest BCUT2D eigenvalue weighted by atomic mass is 9.83. The van der Waals surface area contributed by atoms with Gasteiger partial charge < -0.3 is 10.6 Å². The predicted octanol–water partition coefficient (Wildman–Crippen LogP) is 1.37. The molecule has 2 rings (SSSR count). The Kier molecular flexibility index (Phi) is 3.29. The Morgan fingerprint density at radius 3 is 2.67 bits per heavy atom. The molecule has 1 amide bonds. The minimum absolute atomic E-state index is 0.228. The summed E-state index contributed by atoms with van der Waals surface area (Å²) in [6.45, 7) is 3.87. The molecular formula is C12H22N2O. The molecule has 1 heterocycles. The molecule has 1 aliphatic heterocycles. The number of hydrogen-bond donors (Lipinski definition) is 1. The van der Waals surface area contributed by atoms with Crippen LogP contribution in [0.5, 0.6) is 0 Å². The summed E-state index contributed by atoms with van der Waals surface area (Å²) in [6.07, 6.45) is 5.72. The molecule has 2 unspecified atom stereocenters. The Hall–Kier alpha value is -0.570. The van der Waals surface area contributed by atoms with Crippen molar-refractivity contribution in [3.8, 4) is 0 Å². The molecule has 2 N–H and O–H groups in total. The third-order valence-corrected chi connectivity index (χ3v) is 4.01. The van der Waals surface area contributed by atoms with Crippen LogP contribution in [0, 0.1) is 11.8 Å². The van der Waals surface area contributed by atoms with Crippen molar-refractivity contribution in [2.45, 2.75) is 45.1 Å². The van der Waals surface area contributed by atoms with Crippen LogP contribution in [0.3, 0.4) is 0 Å². The van der Waals surface area contributed by atoms with Crippen molar-refractivity contribution < 1.29 is 4.79 Å². The molecule has 2 fully saturated rings. The van der Waals surface area contributed by atoms with Crippen LogP contribution in [0.4, 0.5) is 0 Å². The quantitative estimate of drug-likeness (QED) is 0.764. The van der Waals surface area contributed by atoms with Crippen molar-refractivity contribution in [3.05, 3.63) is 0 Å². The van der Waals surface area contributed by atoms with Crippen molar-refractivity contribution in [1.82, 2.24) is 4.90 Å². The highest BCUT2D eigenvalue weighted by Crippen LogP contribution is 2.30. The first-order chi connectivity index (χ1) is 7.16. The maximum absolute atomic E-state index is 11.9. The third-order valence-electron chi connectivity index (χ3n) is 4.01. The van der Waals surface area contributed by atoms with Crippen LogP contribution < -0.4 is 5.73 Å². The van der Waals surface area contributed by atoms with Gasteiger partial charge in [-0.15, -0.1) is 0 Å². The smallest absolute Gasteiger partial charge is 0.222 e. The summed E-state index contributed by atoms with van der Waals surface area (Å²) in [5.74, 6) is 1.57. The molecule has 0 aromatic carbocycles. The van der Waals surface area contributed by atoms with Gasteiger partial charge in [0.05, 0.1) is 0 Å². The van der Waals surface area contributed by atoms with Gasteiger partial charge >= 0.3 is 0 Å². The number of nitrogens with two attached hydrogens (primary N) is 1. The Morgan fingerprint density at radius 1 is 1.47 bits per heavy atom. The van der Waals surface area contributed by atoms with Gasteiger partial charge in [0.25, 0.3) is 0 Å². The van der Waals surface area contributed by atoms with Gasteiger partial charge in [-0.1, -0.05) is 6.42 Å². The number of hydrogen-bond acceptors (Lipinski definition) is 2. The molecule has 1 saturated heterocycles. The van der Waals surface area contributed by atoms with E-state index < -0.39 is 0 Å². The molecule has 15 heavy (non-hydrogen) atoms. The molecule has 0 aromatic rings. The van der Waals surface area contributed by atoms with Gasteiger partial charge in [-0.05, 0) is 38.0 Å². The zero-order valence-electron chi connectivity index (χ0n) is 9.61. The highest BCUT2D eigenvalue weighted by molar-refractivity contribution is 5.76. The summed E-state index contributed by atoms with van der Waals surface area (Å²) in [6, 6.07) is 0.228. The number of nitrogens with zero attached hydrogens (tertiary/aromatic N) is 1. The molecule has 0 aromatic heterocycles. The Balaban J connectivity index is 1.76. The lowest BCUT2D eigenvalue weighted by molar-refractivity contribution is -0.131. The van der Waals surface area contributed by atoms with Crippen LogP contribution >= 0.6 is 0 Å². The fourth-order valence-electron chi connectivity index (χ4n) is 2.52. The average molecular weight is 210 g/mol. The van der Waals surface area contributed by atoms with Crippen LogP contribution in [-0.4, -0.2) is 29.9 Å². The highest BCUT2D eigenvalue weighted by Gasteiger charge is 2.30. The zero-order chi connectivity index (χ0) is 10.8. The van der Waals surface area contributed by atoms with E-state index in [1.807, 2.05) is 11.8 Å². The lowest BCUT2D eigenvalue weighted by Crippen LogP contribution is -2.34. The van der Waals surface area contributed by atoms with Gasteiger partial charge in [0.15, 0.2) is 0 Å². The molecule has 3 nitrogen and oxygen atoms in total. The maximum Gasteiger partial charge on any atom is 0.222 e. The van der Waals surface area contributed by atoms with E-state index in [2.05, 4.69) is 0 Å². The molecule has 1 saturated carbocycles. The first-order valence-corrected chi connectivity index (χ1v) is 6.20. The Bertz CT molecular complexity index is 236. The highest BCUT2D eigenvalue weighted by atomic mass is 16.2. The van der Waals surface area contributed by atoms with E-state index in [-0.39, 0.29) is 6.04 Å². The fourth-order valence-corrected chi connectivity index (χ4v) is 2.52. The lowest BCUT2D eigenvalue weighted by Gasteiger charge is -2.27. The standard InChI is InChI=1S/C12H22N2O/c1-9(13)11-5-6-14(8-11)12(15)7-10-3-2-4-10/h9-11H,2-8,13H2,1H3. The van der Waals surface area contributed by atoms with Crippen LogP contribution in [-0.2, 0) is 4.79 Å². The topological polar surface area (TPSA) is 46.3 Å². The minimum Gasteiger partial charge on any atom is -0.342 e. The van der Waals surface area contributed by atoms with Crippen molar-refractivity contribution in [3.63, 3.8) is 0 Å². The third kappa shape index (κ3) is 2.51. The van der Waals surface area contributed by atoms with Crippen molar-refractivity contribution in [2.75, 3.05) is 13.1 Å². The van der Waals surface area contributed by atoms with Gasteiger partial charge in [-0.25, -0.2) is 0 Å². The van der Waals surface area contributed by atoms with E-state index in [0.717, 1.165) is 25.9 Å². The van der Waals surface area contributed by atoms with Gasteiger partial charge in [0.2, 0.25) is 5.91 Å². The van der Waals surface area contributed by atoms with E-state index in [1.54, 1.807) is 0 Å². The molecule has 0 radical (unpaired) electrons. The Morgan fingerprint density at radius 2 is 2.20 bits per heavy atom. The predicted molar refractivity (Wildman–Crippen MR) is 60.3 cm³/mol. The van der Waals surface area contributed by atoms with Crippen LogP contribution in [0.2, 0.25) is 0 Å². The SMILES string of the molecule is CC(N)C1CCN(C(=O)CC2CCC2)C1. The van der Waals surface area contributed by atoms with Gasteiger partial charge in [-0.2, -0.15) is 0 Å². The molecule has 86 valence electrons. The zero-order valence-corrected chi connectivity index (χ0v) is 9.61. The first kappa shape index (κ1) is 10.9. The normalized spacial score (nSPS) is 28.9. The molecule has 2 atom stereocenters. The van der Waals surface area contributed by atoms with E-state index in [1.165, 1.54) is 19.3 Å². The molecule has 0 spiro atoms. The van der Waals surface area contributed by atoms with Gasteiger partial charge in [0.1, 0.15) is 0 Å². The number of rotatable bonds is 3. The summed E-state index contributed by atoms with van der Waals surface area (Å²) in [5.41, 5.74) is 5.86. The number of amides is 1. The van der Waals surface area contributed by atoms with Crippen LogP contribution in [0.15, 0.2) is 0 Å². The second-order valence-electron chi connectivity index (χ2n) is 5.25. The Labute approximate surface area is 92.0 Å².